The summed E-state index contributed by atoms with van der Waals surface area (Å²) in [6.45, 7) is 0. The smallest absolute Gasteiger partial charge is 0.262 e. The number of rotatable bonds is 6. The molecule has 0 fully saturated rings. The summed E-state index contributed by atoms with van der Waals surface area (Å²) in [7, 11) is 0. The molecule has 160 valence electrons. The molecule has 2 heterocycles. The number of amides is 3. The second-order valence-corrected chi connectivity index (χ2v) is 9.48. The molecule has 1 aliphatic heterocycles. The molecule has 0 radical (unpaired) electrons. The van der Waals surface area contributed by atoms with Crippen LogP contribution in [0.4, 0.5) is 5.13 Å². The minimum atomic E-state index is -0.904. The maximum Gasteiger partial charge on any atom is 0.262 e. The predicted molar refractivity (Wildman–Crippen MR) is 129 cm³/mol. The average molecular weight is 462 g/mol. The quantitative estimate of drug-likeness (QED) is 0.417. The third-order valence-corrected chi connectivity index (χ3v) is 7.13. The molecule has 8 heteroatoms. The molecule has 32 heavy (non-hydrogen) atoms. The van der Waals surface area contributed by atoms with Crippen molar-refractivity contribution in [3.63, 3.8) is 0 Å². The van der Waals surface area contributed by atoms with E-state index in [2.05, 4.69) is 10.3 Å². The van der Waals surface area contributed by atoms with E-state index in [0.717, 1.165) is 25.9 Å². The van der Waals surface area contributed by atoms with Gasteiger partial charge in [0, 0.05) is 5.39 Å². The van der Waals surface area contributed by atoms with E-state index < -0.39 is 23.8 Å². The van der Waals surface area contributed by atoms with Gasteiger partial charge in [0.1, 0.15) is 6.04 Å². The number of aromatic nitrogens is 1. The van der Waals surface area contributed by atoms with Gasteiger partial charge in [-0.25, -0.2) is 4.98 Å². The highest BCUT2D eigenvalue weighted by atomic mass is 32.2. The Labute approximate surface area is 192 Å². The lowest BCUT2D eigenvalue weighted by atomic mass is 10.1. The Morgan fingerprint density at radius 3 is 2.44 bits per heavy atom. The zero-order valence-corrected chi connectivity index (χ0v) is 18.8. The second-order valence-electron chi connectivity index (χ2n) is 7.46. The first-order valence-corrected chi connectivity index (χ1v) is 12.3. The molecule has 0 bridgehead atoms. The number of hydrogen-bond acceptors (Lipinski definition) is 6. The highest BCUT2D eigenvalue weighted by molar-refractivity contribution is 7.98. The summed E-state index contributed by atoms with van der Waals surface area (Å²) in [4.78, 5) is 44.9. The van der Waals surface area contributed by atoms with E-state index in [1.54, 1.807) is 36.0 Å². The van der Waals surface area contributed by atoms with Crippen molar-refractivity contribution in [3.8, 4) is 0 Å². The lowest BCUT2D eigenvalue weighted by Crippen LogP contribution is -2.47. The van der Waals surface area contributed by atoms with Gasteiger partial charge in [0.05, 0.1) is 21.3 Å². The Morgan fingerprint density at radius 1 is 1.03 bits per heavy atom. The first-order valence-electron chi connectivity index (χ1n) is 10.1. The number of thioether (sulfide) groups is 1. The van der Waals surface area contributed by atoms with Crippen molar-refractivity contribution in [1.82, 2.24) is 9.88 Å². The van der Waals surface area contributed by atoms with Crippen molar-refractivity contribution < 1.29 is 14.4 Å². The lowest BCUT2D eigenvalue weighted by molar-refractivity contribution is -0.120. The van der Waals surface area contributed by atoms with Crippen LogP contribution in [0.2, 0.25) is 0 Å². The van der Waals surface area contributed by atoms with Crippen LogP contribution in [0, 0.1) is 0 Å². The molecule has 1 atom stereocenters. The normalized spacial score (nSPS) is 14.2. The summed E-state index contributed by atoms with van der Waals surface area (Å²) in [6.07, 6.45) is 2.29. The molecule has 0 aliphatic carbocycles. The molecule has 6 nitrogen and oxygen atoms in total. The summed E-state index contributed by atoms with van der Waals surface area (Å²) in [5.41, 5.74) is 1.50. The molecule has 3 amide bonds. The van der Waals surface area contributed by atoms with E-state index >= 15 is 0 Å². The minimum Gasteiger partial charge on any atom is -0.300 e. The number of benzene rings is 3. The van der Waals surface area contributed by atoms with E-state index in [0.29, 0.717) is 28.4 Å². The van der Waals surface area contributed by atoms with Gasteiger partial charge in [-0.2, -0.15) is 11.8 Å². The molecular formula is C24H19N3O3S2. The number of carbonyl (C=O) groups is 3. The fourth-order valence-electron chi connectivity index (χ4n) is 4.00. The van der Waals surface area contributed by atoms with E-state index in [9.17, 15) is 14.4 Å². The summed E-state index contributed by atoms with van der Waals surface area (Å²) in [5, 5.41) is 5.40. The molecule has 0 saturated carbocycles. The van der Waals surface area contributed by atoms with Gasteiger partial charge >= 0.3 is 0 Å². The van der Waals surface area contributed by atoms with Gasteiger partial charge in [-0.05, 0) is 42.0 Å². The molecule has 5 rings (SSSR count). The van der Waals surface area contributed by atoms with Crippen LogP contribution in [-0.2, 0) is 4.79 Å². The highest BCUT2D eigenvalue weighted by Gasteiger charge is 2.42. The van der Waals surface area contributed by atoms with Crippen LogP contribution in [0.5, 0.6) is 0 Å². The standard InChI is InChI=1S/C24H19N3O3S2/c1-31-13-12-18(27-22(29)16-8-4-5-9-17(16)23(27)30)21(28)26-24-25-20-15-7-3-2-6-14(15)10-11-19(20)32-24/h2-11,18H,12-13H2,1H3,(H,25,26,28). The molecule has 0 spiro atoms. The Bertz CT molecular complexity index is 1350. The Hall–Kier alpha value is -3.23. The maximum atomic E-state index is 13.3. The van der Waals surface area contributed by atoms with E-state index in [-0.39, 0.29) is 0 Å². The number of fused-ring (bicyclic) bond motifs is 4. The first-order chi connectivity index (χ1) is 15.6. The van der Waals surface area contributed by atoms with Crippen LogP contribution in [-0.4, -0.2) is 45.7 Å². The lowest BCUT2D eigenvalue weighted by Gasteiger charge is -2.24. The van der Waals surface area contributed by atoms with E-state index in [4.69, 9.17) is 0 Å². The van der Waals surface area contributed by atoms with Crippen molar-refractivity contribution in [2.24, 2.45) is 0 Å². The number of thiazole rings is 1. The number of nitrogens with one attached hydrogen (secondary N) is 1. The van der Waals surface area contributed by atoms with Crippen LogP contribution < -0.4 is 5.32 Å². The molecule has 3 aromatic carbocycles. The van der Waals surface area contributed by atoms with Gasteiger partial charge < -0.3 is 5.32 Å². The number of imide groups is 1. The third-order valence-electron chi connectivity index (χ3n) is 5.55. The average Bonchev–Trinajstić information content (AvgIpc) is 3.33. The number of anilines is 1. The molecule has 1 N–H and O–H groups in total. The second kappa shape index (κ2) is 8.37. The molecule has 1 unspecified atom stereocenters. The molecule has 1 aromatic heterocycles. The number of nitrogens with zero attached hydrogens (tertiary/aromatic N) is 2. The summed E-state index contributed by atoms with van der Waals surface area (Å²) in [5.74, 6) is -0.628. The third kappa shape index (κ3) is 3.45. The van der Waals surface area contributed by atoms with Gasteiger partial charge in [0.25, 0.3) is 11.8 Å². The summed E-state index contributed by atoms with van der Waals surface area (Å²) >= 11 is 2.94. The van der Waals surface area contributed by atoms with Crippen LogP contribution >= 0.6 is 23.1 Å². The van der Waals surface area contributed by atoms with Crippen molar-refractivity contribution >= 4 is 66.9 Å². The zero-order chi connectivity index (χ0) is 22.2. The molecule has 4 aromatic rings. The first kappa shape index (κ1) is 20.7. The maximum absolute atomic E-state index is 13.3. The molecule has 0 saturated heterocycles. The van der Waals surface area contributed by atoms with E-state index in [1.807, 2.05) is 42.7 Å². The zero-order valence-electron chi connectivity index (χ0n) is 17.2. The van der Waals surface area contributed by atoms with Crippen molar-refractivity contribution in [1.29, 1.82) is 0 Å². The Kier molecular flexibility index (Phi) is 5.40. The van der Waals surface area contributed by atoms with Gasteiger partial charge in [-0.3, -0.25) is 19.3 Å². The molecule has 1 aliphatic rings. The molecular weight excluding hydrogens is 442 g/mol. The summed E-state index contributed by atoms with van der Waals surface area (Å²) < 4.78 is 0.959. The topological polar surface area (TPSA) is 79.4 Å². The van der Waals surface area contributed by atoms with Crippen LogP contribution in [0.1, 0.15) is 27.1 Å². The van der Waals surface area contributed by atoms with Crippen LogP contribution in [0.25, 0.3) is 21.0 Å². The predicted octanol–water partition coefficient (Wildman–Crippen LogP) is 4.81. The fraction of sp³-hybridized carbons (Fsp3) is 0.167. The monoisotopic (exact) mass is 461 g/mol. The van der Waals surface area contributed by atoms with Gasteiger partial charge in [-0.1, -0.05) is 53.8 Å². The largest absolute Gasteiger partial charge is 0.300 e. The van der Waals surface area contributed by atoms with Crippen molar-refractivity contribution in [2.75, 3.05) is 17.3 Å². The van der Waals surface area contributed by atoms with E-state index in [1.165, 1.54) is 11.3 Å². The summed E-state index contributed by atoms with van der Waals surface area (Å²) in [6, 6.07) is 17.7. The van der Waals surface area contributed by atoms with Crippen LogP contribution in [0.3, 0.4) is 0 Å². The van der Waals surface area contributed by atoms with Crippen LogP contribution in [0.15, 0.2) is 60.7 Å². The fourth-order valence-corrected chi connectivity index (χ4v) is 5.35. The van der Waals surface area contributed by atoms with Gasteiger partial charge in [0.15, 0.2) is 5.13 Å². The van der Waals surface area contributed by atoms with Crippen molar-refractivity contribution in [2.45, 2.75) is 12.5 Å². The number of carbonyl (C=O) groups excluding carboxylic acids is 3. The SMILES string of the molecule is CSCCC(C(=O)Nc1nc2c(ccc3ccccc32)s1)N1C(=O)c2ccccc2C1=O. The van der Waals surface area contributed by atoms with Gasteiger partial charge in [-0.15, -0.1) is 0 Å². The Morgan fingerprint density at radius 2 is 1.72 bits per heavy atom. The number of hydrogen-bond donors (Lipinski definition) is 1. The highest BCUT2D eigenvalue weighted by Crippen LogP contribution is 2.32. The minimum absolute atomic E-state index is 0.339. The Balaban J connectivity index is 1.46. The van der Waals surface area contributed by atoms with Gasteiger partial charge in [0.2, 0.25) is 5.91 Å². The van der Waals surface area contributed by atoms with Crippen molar-refractivity contribution in [3.05, 3.63) is 71.8 Å².